The summed E-state index contributed by atoms with van der Waals surface area (Å²) in [5, 5.41) is 7.69. The van der Waals surface area contributed by atoms with Gasteiger partial charge < -0.3 is 9.73 Å². The number of aromatic nitrogens is 1. The molecule has 3 rings (SSSR count). The molecule has 0 saturated carbocycles. The Morgan fingerprint density at radius 2 is 1.83 bits per heavy atom. The maximum Gasteiger partial charge on any atom is 0.291 e. The van der Waals surface area contributed by atoms with E-state index in [1.165, 1.54) is 11.3 Å². The van der Waals surface area contributed by atoms with Crippen LogP contribution in [0.5, 0.6) is 0 Å². The summed E-state index contributed by atoms with van der Waals surface area (Å²) in [7, 11) is 0. The van der Waals surface area contributed by atoms with Crippen LogP contribution >= 0.6 is 27.3 Å². The van der Waals surface area contributed by atoms with Gasteiger partial charge in [-0.15, -0.1) is 11.3 Å². The zero-order valence-corrected chi connectivity index (χ0v) is 14.0. The third-order valence-electron chi connectivity index (χ3n) is 2.85. The number of carbonyl (C=O) groups is 2. The van der Waals surface area contributed by atoms with Gasteiger partial charge in [0.25, 0.3) is 11.8 Å². The Morgan fingerprint density at radius 3 is 2.43 bits per heavy atom. The van der Waals surface area contributed by atoms with Crippen LogP contribution in [0.15, 0.2) is 57.1 Å². The molecular weight excluding hydrogens is 382 g/mol. The summed E-state index contributed by atoms with van der Waals surface area (Å²) in [5.41, 5.74) is 1.03. The number of hydrogen-bond acceptors (Lipinski definition) is 5. The minimum atomic E-state index is -0.365. The van der Waals surface area contributed by atoms with Gasteiger partial charge in [0.2, 0.25) is 0 Å². The fourth-order valence-electron chi connectivity index (χ4n) is 1.79. The molecule has 0 spiro atoms. The van der Waals surface area contributed by atoms with E-state index in [0.717, 1.165) is 0 Å². The van der Waals surface area contributed by atoms with Gasteiger partial charge in [-0.05, 0) is 52.3 Å². The van der Waals surface area contributed by atoms with Crippen LogP contribution in [0.2, 0.25) is 0 Å². The van der Waals surface area contributed by atoms with Crippen molar-refractivity contribution in [3.05, 3.63) is 64.0 Å². The van der Waals surface area contributed by atoms with Crippen molar-refractivity contribution in [2.24, 2.45) is 0 Å². The van der Waals surface area contributed by atoms with E-state index in [-0.39, 0.29) is 17.6 Å². The van der Waals surface area contributed by atoms with Crippen LogP contribution in [-0.2, 0) is 0 Å². The van der Waals surface area contributed by atoms with Gasteiger partial charge in [-0.25, -0.2) is 4.98 Å². The number of nitrogens with one attached hydrogen (secondary N) is 2. The molecule has 0 unspecified atom stereocenters. The number of hydrogen-bond donors (Lipinski definition) is 2. The lowest BCUT2D eigenvalue weighted by Gasteiger charge is -2.05. The molecule has 2 N–H and O–H groups in total. The van der Waals surface area contributed by atoms with Crippen molar-refractivity contribution in [3.8, 4) is 0 Å². The molecule has 1 aromatic carbocycles. The maximum absolute atomic E-state index is 12.0. The molecule has 0 fully saturated rings. The number of halogens is 1. The highest BCUT2D eigenvalue weighted by molar-refractivity contribution is 9.10. The first-order chi connectivity index (χ1) is 11.1. The number of carbonyl (C=O) groups excluding carboxylic acids is 2. The summed E-state index contributed by atoms with van der Waals surface area (Å²) in [6.45, 7) is 0. The van der Waals surface area contributed by atoms with Crippen LogP contribution in [0.1, 0.15) is 20.9 Å². The van der Waals surface area contributed by atoms with Crippen LogP contribution in [0.3, 0.4) is 0 Å². The number of furan rings is 1. The predicted octanol–water partition coefficient (Wildman–Crippen LogP) is 4.00. The standard InChI is InChI=1S/C15H10BrN3O3S/c16-12-6-5-11(22-12)14(21)18-10-3-1-9(2-4-10)13(20)19-15-17-7-8-23-15/h1-8H,(H,18,21)(H,17,19,20). The van der Waals surface area contributed by atoms with E-state index in [2.05, 4.69) is 31.5 Å². The molecule has 23 heavy (non-hydrogen) atoms. The summed E-state index contributed by atoms with van der Waals surface area (Å²) in [6.07, 6.45) is 1.62. The monoisotopic (exact) mass is 391 g/mol. The summed E-state index contributed by atoms with van der Waals surface area (Å²) in [5.74, 6) is -0.425. The Hall–Kier alpha value is -2.45. The lowest BCUT2D eigenvalue weighted by Crippen LogP contribution is -2.13. The maximum atomic E-state index is 12.0. The quantitative estimate of drug-likeness (QED) is 0.703. The molecular formula is C15H10BrN3O3S. The van der Waals surface area contributed by atoms with Gasteiger partial charge in [0.1, 0.15) is 0 Å². The molecule has 8 heteroatoms. The first kappa shape index (κ1) is 15.4. The van der Waals surface area contributed by atoms with Gasteiger partial charge in [-0.3, -0.25) is 14.9 Å². The molecule has 0 saturated heterocycles. The van der Waals surface area contributed by atoms with Crippen molar-refractivity contribution in [2.75, 3.05) is 10.6 Å². The van der Waals surface area contributed by atoms with Gasteiger partial charge in [-0.2, -0.15) is 0 Å². The second-order valence-electron chi connectivity index (χ2n) is 4.43. The number of anilines is 2. The second kappa shape index (κ2) is 6.76. The number of amides is 2. The minimum Gasteiger partial charge on any atom is -0.444 e. The topological polar surface area (TPSA) is 84.2 Å². The summed E-state index contributed by atoms with van der Waals surface area (Å²) in [4.78, 5) is 28.0. The molecule has 2 heterocycles. The lowest BCUT2D eigenvalue weighted by molar-refractivity contribution is 0.0994. The zero-order valence-electron chi connectivity index (χ0n) is 11.6. The Morgan fingerprint density at radius 1 is 1.04 bits per heavy atom. The average molecular weight is 392 g/mol. The van der Waals surface area contributed by atoms with Gasteiger partial charge in [0, 0.05) is 22.8 Å². The Labute approximate surface area is 143 Å². The van der Waals surface area contributed by atoms with Crippen molar-refractivity contribution in [1.29, 1.82) is 0 Å². The zero-order chi connectivity index (χ0) is 16.2. The van der Waals surface area contributed by atoms with Crippen molar-refractivity contribution in [3.63, 3.8) is 0 Å². The SMILES string of the molecule is O=C(Nc1nccs1)c1ccc(NC(=O)c2ccc(Br)o2)cc1. The number of rotatable bonds is 4. The van der Waals surface area contributed by atoms with E-state index in [1.807, 2.05) is 0 Å². The molecule has 0 bridgehead atoms. The highest BCUT2D eigenvalue weighted by Gasteiger charge is 2.12. The van der Waals surface area contributed by atoms with Crippen LogP contribution in [0.4, 0.5) is 10.8 Å². The smallest absolute Gasteiger partial charge is 0.291 e. The average Bonchev–Trinajstić information content (AvgIpc) is 3.19. The molecule has 0 aliphatic rings. The van der Waals surface area contributed by atoms with Crippen molar-refractivity contribution in [2.45, 2.75) is 0 Å². The minimum absolute atomic E-state index is 0.197. The van der Waals surface area contributed by atoms with Crippen LogP contribution < -0.4 is 10.6 Å². The van der Waals surface area contributed by atoms with Crippen LogP contribution in [0.25, 0.3) is 0 Å². The summed E-state index contributed by atoms with van der Waals surface area (Å²) >= 11 is 4.48. The Bertz CT molecular complexity index is 828. The highest BCUT2D eigenvalue weighted by Crippen LogP contribution is 2.17. The molecule has 116 valence electrons. The summed E-state index contributed by atoms with van der Waals surface area (Å²) < 4.78 is 5.66. The van der Waals surface area contributed by atoms with Gasteiger partial charge in [0.15, 0.2) is 15.6 Å². The Balaban J connectivity index is 1.65. The molecule has 0 radical (unpaired) electrons. The van der Waals surface area contributed by atoms with Crippen molar-refractivity contribution in [1.82, 2.24) is 4.98 Å². The third kappa shape index (κ3) is 3.85. The number of thiazole rings is 1. The summed E-state index contributed by atoms with van der Waals surface area (Å²) in [6, 6.07) is 9.74. The molecule has 0 atom stereocenters. The van der Waals surface area contributed by atoms with Gasteiger partial charge in [0.05, 0.1) is 0 Å². The fourth-order valence-corrected chi connectivity index (χ4v) is 2.62. The lowest BCUT2D eigenvalue weighted by atomic mass is 10.2. The van der Waals surface area contributed by atoms with Crippen LogP contribution in [0, 0.1) is 0 Å². The molecule has 0 aliphatic carbocycles. The first-order valence-corrected chi connectivity index (χ1v) is 8.17. The predicted molar refractivity (Wildman–Crippen MR) is 90.9 cm³/mol. The molecule has 6 nitrogen and oxygen atoms in total. The van der Waals surface area contributed by atoms with E-state index in [0.29, 0.717) is 21.1 Å². The molecule has 0 aliphatic heterocycles. The molecule has 2 amide bonds. The Kier molecular flexibility index (Phi) is 4.54. The van der Waals surface area contributed by atoms with Gasteiger partial charge in [-0.1, -0.05) is 0 Å². The highest BCUT2D eigenvalue weighted by atomic mass is 79.9. The third-order valence-corrected chi connectivity index (χ3v) is 3.97. The van der Waals surface area contributed by atoms with Crippen LogP contribution in [-0.4, -0.2) is 16.8 Å². The first-order valence-electron chi connectivity index (χ1n) is 6.49. The molecule has 2 aromatic heterocycles. The molecule has 3 aromatic rings. The number of nitrogens with zero attached hydrogens (tertiary/aromatic N) is 1. The van der Waals surface area contributed by atoms with E-state index in [1.54, 1.807) is 48.0 Å². The number of benzene rings is 1. The van der Waals surface area contributed by atoms with E-state index < -0.39 is 0 Å². The van der Waals surface area contributed by atoms with Gasteiger partial charge >= 0.3 is 0 Å². The largest absolute Gasteiger partial charge is 0.444 e. The van der Waals surface area contributed by atoms with E-state index >= 15 is 0 Å². The van der Waals surface area contributed by atoms with E-state index in [4.69, 9.17) is 4.42 Å². The normalized spacial score (nSPS) is 10.3. The van der Waals surface area contributed by atoms with Crippen molar-refractivity contribution >= 4 is 49.9 Å². The second-order valence-corrected chi connectivity index (χ2v) is 6.10. The fraction of sp³-hybridized carbons (Fsp3) is 0. The van der Waals surface area contributed by atoms with E-state index in [9.17, 15) is 9.59 Å². The van der Waals surface area contributed by atoms with Crippen molar-refractivity contribution < 1.29 is 14.0 Å².